The van der Waals surface area contributed by atoms with Gasteiger partial charge in [0.05, 0.1) is 11.1 Å². The molecule has 0 spiro atoms. The summed E-state index contributed by atoms with van der Waals surface area (Å²) < 4.78 is 130. The van der Waals surface area contributed by atoms with E-state index in [1.165, 1.54) is 38.2 Å². The molecule has 0 aliphatic heterocycles. The summed E-state index contributed by atoms with van der Waals surface area (Å²) in [5.41, 5.74) is -17.0. The van der Waals surface area contributed by atoms with Crippen LogP contribution in [0, 0.1) is 0 Å². The van der Waals surface area contributed by atoms with E-state index in [4.69, 9.17) is 0 Å². The summed E-state index contributed by atoms with van der Waals surface area (Å²) in [5, 5.41) is 0. The molecule has 0 fully saturated rings. The van der Waals surface area contributed by atoms with E-state index in [-0.39, 0.29) is 0 Å². The lowest BCUT2D eigenvalue weighted by Gasteiger charge is -2.44. The number of hydrogen-bond acceptors (Lipinski definition) is 6. The third-order valence-electron chi connectivity index (χ3n) is 5.90. The summed E-state index contributed by atoms with van der Waals surface area (Å²) in [6.45, 7) is 2.37. The van der Waals surface area contributed by atoms with E-state index < -0.39 is 88.2 Å². The van der Waals surface area contributed by atoms with Crippen LogP contribution in [0.2, 0.25) is 0 Å². The normalized spacial score (nSPS) is 24.6. The molecule has 202 valence electrons. The highest BCUT2D eigenvalue weighted by Crippen LogP contribution is 2.41. The van der Waals surface area contributed by atoms with Crippen LogP contribution in [0.25, 0.3) is 0 Å². The van der Waals surface area contributed by atoms with E-state index in [0.717, 1.165) is 24.3 Å². The molecule has 0 aromatic carbocycles. The molecule has 16 heteroatoms. The van der Waals surface area contributed by atoms with Crippen LogP contribution in [-0.4, -0.2) is 59.4 Å². The van der Waals surface area contributed by atoms with Crippen molar-refractivity contribution in [3.63, 3.8) is 0 Å². The third-order valence-corrected chi connectivity index (χ3v) is 9.09. The Labute approximate surface area is 203 Å². The first-order valence-electron chi connectivity index (χ1n) is 10.3. The number of allylic oxidation sites excluding steroid dienone is 4. The van der Waals surface area contributed by atoms with Gasteiger partial charge in [-0.3, -0.25) is 9.59 Å². The fourth-order valence-corrected chi connectivity index (χ4v) is 6.40. The van der Waals surface area contributed by atoms with E-state index in [0.29, 0.717) is 0 Å². The number of hydrogen-bond donors (Lipinski definition) is 0. The van der Waals surface area contributed by atoms with E-state index in [2.05, 4.69) is 0 Å². The van der Waals surface area contributed by atoms with E-state index >= 15 is 0 Å². The monoisotopic (exact) mass is 564 g/mol. The number of alkyl halides is 6. The number of amides is 2. The summed E-state index contributed by atoms with van der Waals surface area (Å²) in [6.07, 6.45) is 6.79. The van der Waals surface area contributed by atoms with Crippen LogP contribution in [0.3, 0.4) is 0 Å². The molecule has 2 atom stereocenters. The van der Waals surface area contributed by atoms with Gasteiger partial charge in [0, 0.05) is 0 Å². The Bertz CT molecular complexity index is 1140. The standard InChI is InChI=1S/C20H22F6N2O6S2/c1-3-17(11-7-5-8-12-17)27(35(31,32)19(21,22)23)15(29)16(30)28(36(33,34)20(24,25)26)18(4-2)13-9-6-10-14-18/h5-11,13H,3-4,12,14H2,1-2H3. The predicted molar refractivity (Wildman–Crippen MR) is 115 cm³/mol. The summed E-state index contributed by atoms with van der Waals surface area (Å²) in [6, 6.07) is 0. The van der Waals surface area contributed by atoms with Gasteiger partial charge in [-0.15, -0.1) is 0 Å². The molecule has 2 aliphatic rings. The first-order chi connectivity index (χ1) is 16.3. The maximum Gasteiger partial charge on any atom is 0.516 e. The molecule has 36 heavy (non-hydrogen) atoms. The van der Waals surface area contributed by atoms with Crippen molar-refractivity contribution in [3.05, 3.63) is 48.6 Å². The number of carbonyl (C=O) groups excluding carboxylic acids is 2. The maximum atomic E-state index is 13.6. The van der Waals surface area contributed by atoms with Crippen LogP contribution in [0.4, 0.5) is 26.3 Å². The minimum absolute atomic E-state index is 0.518. The molecule has 2 unspecified atom stereocenters. The van der Waals surface area contributed by atoms with Crippen LogP contribution in [0.15, 0.2) is 48.6 Å². The van der Waals surface area contributed by atoms with Crippen molar-refractivity contribution in [3.8, 4) is 0 Å². The zero-order valence-electron chi connectivity index (χ0n) is 18.9. The summed E-state index contributed by atoms with van der Waals surface area (Å²) in [4.78, 5) is 26.5. The second-order valence-electron chi connectivity index (χ2n) is 7.94. The first-order valence-corrected chi connectivity index (χ1v) is 13.2. The smallest absolute Gasteiger partial charge is 0.262 e. The predicted octanol–water partition coefficient (Wildman–Crippen LogP) is 3.67. The Morgan fingerprint density at radius 2 is 1.00 bits per heavy atom. The van der Waals surface area contributed by atoms with E-state index in [1.54, 1.807) is 0 Å². The van der Waals surface area contributed by atoms with Crippen molar-refractivity contribution in [1.82, 2.24) is 8.61 Å². The minimum atomic E-state index is -6.68. The van der Waals surface area contributed by atoms with Crippen molar-refractivity contribution in [2.75, 3.05) is 0 Å². The summed E-state index contributed by atoms with van der Waals surface area (Å²) in [7, 11) is -13.4. The second-order valence-corrected chi connectivity index (χ2v) is 11.5. The van der Waals surface area contributed by atoms with Crippen LogP contribution in [0.1, 0.15) is 39.5 Å². The average Bonchev–Trinajstić information content (AvgIpc) is 2.78. The molecule has 0 bridgehead atoms. The highest BCUT2D eigenvalue weighted by atomic mass is 32.2. The molecule has 2 rings (SSSR count). The lowest BCUT2D eigenvalue weighted by atomic mass is 9.87. The molecule has 8 nitrogen and oxygen atoms in total. The lowest BCUT2D eigenvalue weighted by molar-refractivity contribution is -0.151. The van der Waals surface area contributed by atoms with Crippen LogP contribution in [0.5, 0.6) is 0 Å². The maximum absolute atomic E-state index is 13.6. The Kier molecular flexibility index (Phi) is 7.97. The lowest BCUT2D eigenvalue weighted by Crippen LogP contribution is -2.65. The molecule has 0 N–H and O–H groups in total. The molecule has 0 radical (unpaired) electrons. The quantitative estimate of drug-likeness (QED) is 0.360. The molecule has 0 saturated heterocycles. The van der Waals surface area contributed by atoms with Crippen molar-refractivity contribution in [2.45, 2.75) is 61.6 Å². The zero-order chi connectivity index (χ0) is 27.8. The highest BCUT2D eigenvalue weighted by Gasteiger charge is 2.63. The Morgan fingerprint density at radius 3 is 1.19 bits per heavy atom. The number of carbonyl (C=O) groups is 2. The SMILES string of the molecule is CCC1(N(C(=O)C(=O)N(C2(CC)C=CC=CC2)S(=O)(=O)C(F)(F)F)S(=O)(=O)C(F)(F)F)C=CC=CC1. The number of halogens is 6. The van der Waals surface area contributed by atoms with Crippen molar-refractivity contribution < 1.29 is 52.8 Å². The topological polar surface area (TPSA) is 109 Å². The van der Waals surface area contributed by atoms with Gasteiger partial charge in [-0.25, -0.2) is 8.61 Å². The molecule has 2 amide bonds. The van der Waals surface area contributed by atoms with Crippen molar-refractivity contribution in [2.24, 2.45) is 0 Å². The van der Waals surface area contributed by atoms with Crippen LogP contribution >= 0.6 is 0 Å². The van der Waals surface area contributed by atoms with Gasteiger partial charge in [0.15, 0.2) is 0 Å². The van der Waals surface area contributed by atoms with Gasteiger partial charge in [0.1, 0.15) is 0 Å². The first kappa shape index (κ1) is 29.6. The zero-order valence-corrected chi connectivity index (χ0v) is 20.5. The molecule has 0 saturated carbocycles. The minimum Gasteiger partial charge on any atom is -0.262 e. The Morgan fingerprint density at radius 1 is 0.694 bits per heavy atom. The van der Waals surface area contributed by atoms with E-state index in [9.17, 15) is 52.8 Å². The molecular formula is C20H22F6N2O6S2. The fraction of sp³-hybridized carbons (Fsp3) is 0.500. The van der Waals surface area contributed by atoms with Gasteiger partial charge < -0.3 is 0 Å². The van der Waals surface area contributed by atoms with Gasteiger partial charge >= 0.3 is 42.9 Å². The Hall–Kier alpha value is -2.62. The third kappa shape index (κ3) is 4.84. The molecule has 0 aromatic rings. The van der Waals surface area contributed by atoms with Crippen molar-refractivity contribution in [1.29, 1.82) is 0 Å². The van der Waals surface area contributed by atoms with Gasteiger partial charge in [0.25, 0.3) is 0 Å². The Balaban J connectivity index is 2.85. The summed E-state index contributed by atoms with van der Waals surface area (Å²) in [5.74, 6) is -5.20. The van der Waals surface area contributed by atoms with Gasteiger partial charge in [-0.2, -0.15) is 43.2 Å². The van der Waals surface area contributed by atoms with Crippen molar-refractivity contribution >= 4 is 31.9 Å². The fourth-order valence-electron chi connectivity index (χ4n) is 3.90. The van der Waals surface area contributed by atoms with Gasteiger partial charge in [-0.05, 0) is 25.7 Å². The number of nitrogens with zero attached hydrogens (tertiary/aromatic N) is 2. The highest BCUT2D eigenvalue weighted by molar-refractivity contribution is 7.91. The molecule has 0 heterocycles. The van der Waals surface area contributed by atoms with Crippen LogP contribution < -0.4 is 0 Å². The molecular weight excluding hydrogens is 542 g/mol. The number of rotatable bonds is 6. The summed E-state index contributed by atoms with van der Waals surface area (Å²) >= 11 is 0. The molecule has 2 aliphatic carbocycles. The van der Waals surface area contributed by atoms with Gasteiger partial charge in [-0.1, -0.05) is 62.5 Å². The van der Waals surface area contributed by atoms with Crippen LogP contribution in [-0.2, 0) is 29.6 Å². The average molecular weight is 565 g/mol. The largest absolute Gasteiger partial charge is 0.516 e. The molecule has 0 aromatic heterocycles. The second kappa shape index (κ2) is 9.68. The van der Waals surface area contributed by atoms with E-state index in [1.807, 2.05) is 0 Å². The van der Waals surface area contributed by atoms with Gasteiger partial charge in [0.2, 0.25) is 0 Å². The number of sulfonamides is 2.